The molecular formula is C12H12F2O2. The zero-order chi connectivity index (χ0) is 11.8. The van der Waals surface area contributed by atoms with Gasteiger partial charge in [0.1, 0.15) is 0 Å². The molecule has 1 fully saturated rings. The molecule has 2 rings (SSSR count). The van der Waals surface area contributed by atoms with Crippen LogP contribution in [0.5, 0.6) is 0 Å². The van der Waals surface area contributed by atoms with Gasteiger partial charge in [0.25, 0.3) is 5.92 Å². The molecular weight excluding hydrogens is 214 g/mol. The van der Waals surface area contributed by atoms with E-state index in [1.54, 1.807) is 25.1 Å². The number of alkyl halides is 2. The SMILES string of the molecule is CCOC(=O)c1ccccc1C1CC1(F)F. The second-order valence-corrected chi connectivity index (χ2v) is 3.83. The minimum Gasteiger partial charge on any atom is -0.462 e. The van der Waals surface area contributed by atoms with Gasteiger partial charge in [0.2, 0.25) is 0 Å². The van der Waals surface area contributed by atoms with Crippen molar-refractivity contribution in [2.24, 2.45) is 0 Å². The highest BCUT2D eigenvalue weighted by Gasteiger charge is 2.58. The Morgan fingerprint density at radius 2 is 2.12 bits per heavy atom. The summed E-state index contributed by atoms with van der Waals surface area (Å²) in [6, 6.07) is 6.41. The summed E-state index contributed by atoms with van der Waals surface area (Å²) in [5, 5.41) is 0. The Morgan fingerprint density at radius 3 is 2.69 bits per heavy atom. The molecule has 1 unspecified atom stereocenters. The molecule has 86 valence electrons. The van der Waals surface area contributed by atoms with Crippen LogP contribution >= 0.6 is 0 Å². The van der Waals surface area contributed by atoms with Crippen LogP contribution in [0, 0.1) is 0 Å². The van der Waals surface area contributed by atoms with Gasteiger partial charge in [-0.1, -0.05) is 18.2 Å². The molecule has 0 radical (unpaired) electrons. The first-order valence-corrected chi connectivity index (χ1v) is 5.20. The molecule has 0 bridgehead atoms. The van der Waals surface area contributed by atoms with Crippen LogP contribution in [-0.2, 0) is 4.74 Å². The third kappa shape index (κ3) is 1.92. The Bertz CT molecular complexity index is 415. The lowest BCUT2D eigenvalue weighted by Crippen LogP contribution is -2.08. The first-order valence-electron chi connectivity index (χ1n) is 5.20. The average molecular weight is 226 g/mol. The van der Waals surface area contributed by atoms with Crippen LogP contribution in [0.2, 0.25) is 0 Å². The summed E-state index contributed by atoms with van der Waals surface area (Å²) in [4.78, 5) is 11.5. The van der Waals surface area contributed by atoms with Crippen molar-refractivity contribution in [2.45, 2.75) is 25.2 Å². The fourth-order valence-electron chi connectivity index (χ4n) is 1.75. The van der Waals surface area contributed by atoms with Gasteiger partial charge in [-0.2, -0.15) is 0 Å². The number of hydrogen-bond acceptors (Lipinski definition) is 2. The van der Waals surface area contributed by atoms with Crippen molar-refractivity contribution in [2.75, 3.05) is 6.61 Å². The Hall–Kier alpha value is -1.45. The highest BCUT2D eigenvalue weighted by molar-refractivity contribution is 5.91. The zero-order valence-corrected chi connectivity index (χ0v) is 8.87. The average Bonchev–Trinajstić information content (AvgIpc) is 2.88. The Morgan fingerprint density at radius 1 is 1.50 bits per heavy atom. The molecule has 0 saturated heterocycles. The monoisotopic (exact) mass is 226 g/mol. The minimum absolute atomic E-state index is 0.177. The van der Waals surface area contributed by atoms with E-state index in [0.717, 1.165) is 0 Å². The van der Waals surface area contributed by atoms with Crippen molar-refractivity contribution in [1.82, 2.24) is 0 Å². The number of carbonyl (C=O) groups is 1. The van der Waals surface area contributed by atoms with E-state index in [1.807, 2.05) is 0 Å². The predicted molar refractivity (Wildman–Crippen MR) is 54.7 cm³/mol. The zero-order valence-electron chi connectivity index (χ0n) is 8.87. The molecule has 0 heterocycles. The molecule has 1 aliphatic rings. The summed E-state index contributed by atoms with van der Waals surface area (Å²) < 4.78 is 30.7. The van der Waals surface area contributed by atoms with Crippen molar-refractivity contribution >= 4 is 5.97 Å². The number of carbonyl (C=O) groups excluding carboxylic acids is 1. The minimum atomic E-state index is -2.66. The van der Waals surface area contributed by atoms with Gasteiger partial charge in [-0.25, -0.2) is 13.6 Å². The van der Waals surface area contributed by atoms with Gasteiger partial charge in [-0.3, -0.25) is 0 Å². The van der Waals surface area contributed by atoms with Crippen molar-refractivity contribution in [1.29, 1.82) is 0 Å². The summed E-state index contributed by atoms with van der Waals surface area (Å²) >= 11 is 0. The molecule has 1 saturated carbocycles. The number of hydrogen-bond donors (Lipinski definition) is 0. The van der Waals surface area contributed by atoms with Gasteiger partial charge in [-0.05, 0) is 18.6 Å². The van der Waals surface area contributed by atoms with Crippen LogP contribution in [-0.4, -0.2) is 18.5 Å². The maximum absolute atomic E-state index is 13.0. The van der Waals surface area contributed by atoms with Crippen LogP contribution in [0.1, 0.15) is 35.2 Å². The second kappa shape index (κ2) is 3.85. The van der Waals surface area contributed by atoms with Gasteiger partial charge in [0, 0.05) is 6.42 Å². The molecule has 1 atom stereocenters. The lowest BCUT2D eigenvalue weighted by molar-refractivity contribution is 0.0524. The number of rotatable bonds is 3. The molecule has 1 aliphatic carbocycles. The van der Waals surface area contributed by atoms with Crippen LogP contribution in [0.4, 0.5) is 8.78 Å². The molecule has 0 amide bonds. The number of benzene rings is 1. The van der Waals surface area contributed by atoms with E-state index < -0.39 is 17.8 Å². The fourth-order valence-corrected chi connectivity index (χ4v) is 1.75. The van der Waals surface area contributed by atoms with Crippen molar-refractivity contribution < 1.29 is 18.3 Å². The van der Waals surface area contributed by atoms with E-state index in [9.17, 15) is 13.6 Å². The van der Waals surface area contributed by atoms with Gasteiger partial charge >= 0.3 is 5.97 Å². The molecule has 16 heavy (non-hydrogen) atoms. The molecule has 0 N–H and O–H groups in total. The molecule has 0 spiro atoms. The number of esters is 1. The maximum Gasteiger partial charge on any atom is 0.338 e. The summed E-state index contributed by atoms with van der Waals surface area (Å²) in [5.41, 5.74) is 0.650. The standard InChI is InChI=1S/C12H12F2O2/c1-2-16-11(15)9-6-4-3-5-8(9)10-7-12(10,13)14/h3-6,10H,2,7H2,1H3. The van der Waals surface area contributed by atoms with E-state index >= 15 is 0 Å². The van der Waals surface area contributed by atoms with E-state index in [1.165, 1.54) is 6.07 Å². The van der Waals surface area contributed by atoms with Crippen molar-refractivity contribution in [3.63, 3.8) is 0 Å². The number of halogens is 2. The quantitative estimate of drug-likeness (QED) is 0.740. The van der Waals surface area contributed by atoms with Gasteiger partial charge in [0.15, 0.2) is 0 Å². The van der Waals surface area contributed by atoms with Gasteiger partial charge < -0.3 is 4.74 Å². The largest absolute Gasteiger partial charge is 0.462 e. The predicted octanol–water partition coefficient (Wildman–Crippen LogP) is 2.99. The van der Waals surface area contributed by atoms with Crippen LogP contribution in [0.3, 0.4) is 0 Å². The summed E-state index contributed by atoms with van der Waals surface area (Å²) in [6.45, 7) is 1.93. The fraction of sp³-hybridized carbons (Fsp3) is 0.417. The van der Waals surface area contributed by atoms with Crippen molar-refractivity contribution in [3.8, 4) is 0 Å². The lowest BCUT2D eigenvalue weighted by Gasteiger charge is -2.07. The van der Waals surface area contributed by atoms with E-state index in [4.69, 9.17) is 4.74 Å². The smallest absolute Gasteiger partial charge is 0.338 e. The summed E-state index contributed by atoms with van der Waals surface area (Å²) in [5.74, 6) is -4.02. The van der Waals surface area contributed by atoms with Crippen LogP contribution < -0.4 is 0 Å². The number of ether oxygens (including phenoxy) is 1. The Labute approximate surface area is 92.2 Å². The molecule has 4 heteroatoms. The lowest BCUT2D eigenvalue weighted by atomic mass is 10.0. The first kappa shape index (κ1) is 11.0. The third-order valence-corrected chi connectivity index (χ3v) is 2.66. The Balaban J connectivity index is 2.28. The summed E-state index contributed by atoms with van der Waals surface area (Å²) in [7, 11) is 0. The molecule has 1 aromatic rings. The Kier molecular flexibility index (Phi) is 2.66. The maximum atomic E-state index is 13.0. The van der Waals surface area contributed by atoms with Crippen LogP contribution in [0.15, 0.2) is 24.3 Å². The first-order chi connectivity index (χ1) is 7.56. The highest BCUT2D eigenvalue weighted by atomic mass is 19.3. The molecule has 1 aromatic carbocycles. The van der Waals surface area contributed by atoms with Crippen molar-refractivity contribution in [3.05, 3.63) is 35.4 Å². The topological polar surface area (TPSA) is 26.3 Å². The second-order valence-electron chi connectivity index (χ2n) is 3.83. The van der Waals surface area contributed by atoms with E-state index in [2.05, 4.69) is 0 Å². The van der Waals surface area contributed by atoms with E-state index in [0.29, 0.717) is 5.56 Å². The summed E-state index contributed by atoms with van der Waals surface area (Å²) in [6.07, 6.45) is -0.177. The van der Waals surface area contributed by atoms with Crippen LogP contribution in [0.25, 0.3) is 0 Å². The van der Waals surface area contributed by atoms with Gasteiger partial charge in [-0.15, -0.1) is 0 Å². The highest BCUT2D eigenvalue weighted by Crippen LogP contribution is 2.56. The normalized spacial score (nSPS) is 21.6. The molecule has 0 aliphatic heterocycles. The van der Waals surface area contributed by atoms with E-state index in [-0.39, 0.29) is 18.6 Å². The van der Waals surface area contributed by atoms with Gasteiger partial charge in [0.05, 0.1) is 18.1 Å². The molecule has 2 nitrogen and oxygen atoms in total. The molecule has 0 aromatic heterocycles. The third-order valence-electron chi connectivity index (χ3n) is 2.66.